The molecule has 0 saturated carbocycles. The molecule has 0 bridgehead atoms. The number of carbonyl (C=O) groups is 1. The Morgan fingerprint density at radius 1 is 1.25 bits per heavy atom. The van der Waals surface area contributed by atoms with E-state index in [0.29, 0.717) is 25.3 Å². The Labute approximate surface area is 142 Å². The molecule has 1 unspecified atom stereocenters. The van der Waals surface area contributed by atoms with Crippen molar-refractivity contribution in [3.8, 4) is 0 Å². The van der Waals surface area contributed by atoms with Crippen molar-refractivity contribution >= 4 is 5.91 Å². The average Bonchev–Trinajstić information content (AvgIpc) is 2.54. The highest BCUT2D eigenvalue weighted by atomic mass is 19.4. The van der Waals surface area contributed by atoms with E-state index in [1.165, 1.54) is 0 Å². The third-order valence-electron chi connectivity index (χ3n) is 5.01. The van der Waals surface area contributed by atoms with Crippen LogP contribution in [0.5, 0.6) is 0 Å². The maximum absolute atomic E-state index is 12.7. The van der Waals surface area contributed by atoms with Gasteiger partial charge in [0.1, 0.15) is 6.54 Å². The van der Waals surface area contributed by atoms with Crippen LogP contribution in [0.1, 0.15) is 39.0 Å². The van der Waals surface area contributed by atoms with Gasteiger partial charge in [0.2, 0.25) is 5.91 Å². The fourth-order valence-corrected chi connectivity index (χ4v) is 3.86. The smallest absolute Gasteiger partial charge is 0.333 e. The summed E-state index contributed by atoms with van der Waals surface area (Å²) in [6.45, 7) is 5.49. The van der Waals surface area contributed by atoms with Crippen molar-refractivity contribution in [2.75, 3.05) is 45.8 Å². The maximum Gasteiger partial charge on any atom is 0.406 e. The molecule has 1 atom stereocenters. The lowest BCUT2D eigenvalue weighted by atomic mass is 9.93. The molecule has 0 radical (unpaired) electrons. The van der Waals surface area contributed by atoms with Gasteiger partial charge in [-0.15, -0.1) is 0 Å². The summed E-state index contributed by atoms with van der Waals surface area (Å²) in [5.41, 5.74) is 0. The molecular weight excluding hydrogens is 319 g/mol. The molecule has 4 nitrogen and oxygen atoms in total. The predicted octanol–water partition coefficient (Wildman–Crippen LogP) is 2.50. The number of likely N-dealkylation sites (tertiary alicyclic amines) is 1. The fourth-order valence-electron chi connectivity index (χ4n) is 3.86. The van der Waals surface area contributed by atoms with Crippen molar-refractivity contribution in [3.05, 3.63) is 0 Å². The number of nitrogens with zero attached hydrogens (tertiary/aromatic N) is 2. The number of nitrogens with one attached hydrogen (secondary N) is 1. The first-order valence-corrected chi connectivity index (χ1v) is 9.17. The van der Waals surface area contributed by atoms with Crippen LogP contribution in [0.25, 0.3) is 0 Å². The quantitative estimate of drug-likeness (QED) is 0.800. The van der Waals surface area contributed by atoms with Crippen molar-refractivity contribution < 1.29 is 18.0 Å². The molecule has 2 saturated heterocycles. The highest BCUT2D eigenvalue weighted by molar-refractivity contribution is 5.79. The van der Waals surface area contributed by atoms with E-state index in [1.807, 2.05) is 0 Å². The summed E-state index contributed by atoms with van der Waals surface area (Å²) >= 11 is 0. The molecule has 1 N–H and O–H groups in total. The summed E-state index contributed by atoms with van der Waals surface area (Å²) in [7, 11) is 0. The van der Waals surface area contributed by atoms with Crippen molar-refractivity contribution in [2.45, 2.75) is 45.2 Å². The fraction of sp³-hybridized carbons (Fsp3) is 0.941. The van der Waals surface area contributed by atoms with E-state index in [2.05, 4.69) is 10.2 Å². The Kier molecular flexibility index (Phi) is 7.34. The molecule has 0 aliphatic carbocycles. The first-order valence-electron chi connectivity index (χ1n) is 9.17. The van der Waals surface area contributed by atoms with Gasteiger partial charge in [-0.3, -0.25) is 4.79 Å². The normalized spacial score (nSPS) is 24.1. The second-order valence-corrected chi connectivity index (χ2v) is 7.17. The van der Waals surface area contributed by atoms with Crippen molar-refractivity contribution in [2.24, 2.45) is 11.8 Å². The number of piperidine rings is 2. The van der Waals surface area contributed by atoms with Crippen LogP contribution >= 0.6 is 0 Å². The zero-order valence-electron chi connectivity index (χ0n) is 14.6. The third-order valence-corrected chi connectivity index (χ3v) is 5.01. The molecule has 140 valence electrons. The largest absolute Gasteiger partial charge is 0.406 e. The van der Waals surface area contributed by atoms with E-state index >= 15 is 0 Å². The molecule has 7 heteroatoms. The number of hydrogen-bond donors (Lipinski definition) is 1. The molecule has 2 aliphatic heterocycles. The molecule has 0 aromatic carbocycles. The minimum atomic E-state index is -4.33. The summed E-state index contributed by atoms with van der Waals surface area (Å²) < 4.78 is 38.2. The van der Waals surface area contributed by atoms with Crippen molar-refractivity contribution in [1.29, 1.82) is 0 Å². The van der Waals surface area contributed by atoms with Crippen molar-refractivity contribution in [3.63, 3.8) is 0 Å². The number of rotatable bonds is 6. The zero-order valence-corrected chi connectivity index (χ0v) is 14.6. The molecule has 2 fully saturated rings. The summed E-state index contributed by atoms with van der Waals surface area (Å²) in [6, 6.07) is 0. The van der Waals surface area contributed by atoms with Crippen molar-refractivity contribution in [1.82, 2.24) is 15.1 Å². The van der Waals surface area contributed by atoms with Gasteiger partial charge in [-0.05, 0) is 57.7 Å². The highest BCUT2D eigenvalue weighted by Gasteiger charge is 2.36. The van der Waals surface area contributed by atoms with E-state index in [1.54, 1.807) is 6.92 Å². The van der Waals surface area contributed by atoms with Gasteiger partial charge in [0.15, 0.2) is 0 Å². The van der Waals surface area contributed by atoms with Gasteiger partial charge in [-0.2, -0.15) is 13.2 Å². The Morgan fingerprint density at radius 3 is 2.58 bits per heavy atom. The second kappa shape index (κ2) is 9.04. The monoisotopic (exact) mass is 349 g/mol. The van der Waals surface area contributed by atoms with E-state index < -0.39 is 12.7 Å². The number of halogens is 3. The molecular formula is C17H30F3N3O. The topological polar surface area (TPSA) is 35.6 Å². The van der Waals surface area contributed by atoms with Gasteiger partial charge in [0.05, 0.1) is 5.92 Å². The lowest BCUT2D eigenvalue weighted by Crippen LogP contribution is -2.48. The number of alkyl halides is 3. The first kappa shape index (κ1) is 19.5. The van der Waals surface area contributed by atoms with Crippen LogP contribution in [0.3, 0.4) is 0 Å². The van der Waals surface area contributed by atoms with Crippen LogP contribution in [0, 0.1) is 11.8 Å². The Morgan fingerprint density at radius 2 is 1.96 bits per heavy atom. The van der Waals surface area contributed by atoms with Gasteiger partial charge >= 0.3 is 6.18 Å². The lowest BCUT2D eigenvalue weighted by molar-refractivity contribution is -0.164. The van der Waals surface area contributed by atoms with E-state index in [0.717, 1.165) is 50.3 Å². The molecule has 2 heterocycles. The molecule has 2 rings (SSSR count). The van der Waals surface area contributed by atoms with Crippen LogP contribution in [0.4, 0.5) is 13.2 Å². The molecule has 0 aromatic rings. The van der Waals surface area contributed by atoms with Gasteiger partial charge in [0, 0.05) is 19.6 Å². The third kappa shape index (κ3) is 6.24. The molecule has 0 aromatic heterocycles. The summed E-state index contributed by atoms with van der Waals surface area (Å²) in [4.78, 5) is 15.9. The van der Waals surface area contributed by atoms with Crippen LogP contribution in [0.2, 0.25) is 0 Å². The Balaban J connectivity index is 1.89. The molecule has 24 heavy (non-hydrogen) atoms. The first-order chi connectivity index (χ1) is 11.4. The standard InChI is InChI=1S/C17H30F3N3O/c1-2-9-23(13-17(18,19)20)16(24)15-4-3-10-22(12-15)11-14-5-7-21-8-6-14/h14-15,21H,2-13H2,1H3. The average molecular weight is 349 g/mol. The number of carbonyl (C=O) groups excluding carboxylic acids is 1. The van der Waals surface area contributed by atoms with E-state index in [-0.39, 0.29) is 18.4 Å². The Bertz CT molecular complexity index is 397. The summed E-state index contributed by atoms with van der Waals surface area (Å²) in [5, 5.41) is 3.34. The zero-order chi connectivity index (χ0) is 17.6. The van der Waals surface area contributed by atoms with Crippen LogP contribution < -0.4 is 5.32 Å². The van der Waals surface area contributed by atoms with Crippen LogP contribution in [-0.2, 0) is 4.79 Å². The van der Waals surface area contributed by atoms with Gasteiger partial charge in [0.25, 0.3) is 0 Å². The summed E-state index contributed by atoms with van der Waals surface area (Å²) in [5.74, 6) is 0.0422. The second-order valence-electron chi connectivity index (χ2n) is 7.17. The lowest BCUT2D eigenvalue weighted by Gasteiger charge is -2.37. The predicted molar refractivity (Wildman–Crippen MR) is 87.7 cm³/mol. The van der Waals surface area contributed by atoms with Gasteiger partial charge in [-0.1, -0.05) is 6.92 Å². The molecule has 0 spiro atoms. The summed E-state index contributed by atoms with van der Waals surface area (Å²) in [6.07, 6.45) is 0.116. The molecule has 2 aliphatic rings. The van der Waals surface area contributed by atoms with Gasteiger partial charge in [-0.25, -0.2) is 0 Å². The number of hydrogen-bond acceptors (Lipinski definition) is 3. The maximum atomic E-state index is 12.7. The Hall–Kier alpha value is -0.820. The minimum Gasteiger partial charge on any atom is -0.333 e. The molecule has 1 amide bonds. The van der Waals surface area contributed by atoms with Crippen LogP contribution in [0.15, 0.2) is 0 Å². The minimum absolute atomic E-state index is 0.184. The highest BCUT2D eigenvalue weighted by Crippen LogP contribution is 2.24. The van der Waals surface area contributed by atoms with E-state index in [4.69, 9.17) is 0 Å². The SMILES string of the molecule is CCCN(CC(F)(F)F)C(=O)C1CCCN(CC2CCNCC2)C1. The number of amides is 1. The van der Waals surface area contributed by atoms with E-state index in [9.17, 15) is 18.0 Å². The van der Waals surface area contributed by atoms with Crippen LogP contribution in [-0.4, -0.2) is 67.7 Å². The van der Waals surface area contributed by atoms with Gasteiger partial charge < -0.3 is 15.1 Å².